The van der Waals surface area contributed by atoms with E-state index in [2.05, 4.69) is 65.4 Å². The molecule has 0 saturated carbocycles. The Morgan fingerprint density at radius 2 is 1.23 bits per heavy atom. The van der Waals surface area contributed by atoms with Crippen molar-refractivity contribution in [1.29, 1.82) is 0 Å². The number of carbonyl (C=O) groups is 2. The quantitative estimate of drug-likeness (QED) is 0.205. The van der Waals surface area contributed by atoms with E-state index < -0.39 is 11.9 Å². The highest BCUT2D eigenvalue weighted by Gasteiger charge is 2.24. The Balaban J connectivity index is 0.000000356. The predicted molar refractivity (Wildman–Crippen MR) is 170 cm³/mol. The maximum atomic E-state index is 9.55. The van der Waals surface area contributed by atoms with Crippen LogP contribution in [0.2, 0.25) is 0 Å². The van der Waals surface area contributed by atoms with Crippen LogP contribution < -0.4 is 0 Å². The number of carboxylic acid groups (broad SMARTS) is 2. The molecule has 1 saturated heterocycles. The Kier molecular flexibility index (Phi) is 18.4. The van der Waals surface area contributed by atoms with Gasteiger partial charge < -0.3 is 15.1 Å². The molecule has 2 aromatic carbocycles. The number of hydrogen-bond donors (Lipinski definition) is 2. The van der Waals surface area contributed by atoms with Crippen LogP contribution in [0.4, 0.5) is 0 Å². The highest BCUT2D eigenvalue weighted by atomic mass is 35.5. The van der Waals surface area contributed by atoms with Crippen LogP contribution in [0.15, 0.2) is 76.0 Å². The van der Waals surface area contributed by atoms with Crippen LogP contribution >= 0.6 is 59.0 Å². The fraction of sp³-hybridized carbons (Fsp3) is 0.379. The van der Waals surface area contributed by atoms with E-state index in [1.807, 2.05) is 11.8 Å². The number of piperidine rings is 1. The average Bonchev–Trinajstić information content (AvgIpc) is 2.92. The number of hydrogen-bond acceptors (Lipinski definition) is 5. The second-order valence-electron chi connectivity index (χ2n) is 8.79. The Bertz CT molecular complexity index is 1060. The van der Waals surface area contributed by atoms with Crippen molar-refractivity contribution >= 4 is 76.5 Å². The van der Waals surface area contributed by atoms with Crippen molar-refractivity contribution in [3.05, 3.63) is 77.4 Å². The van der Waals surface area contributed by atoms with E-state index in [1.54, 1.807) is 5.57 Å². The number of nitrogens with zero attached hydrogens (tertiary/aromatic N) is 2. The number of fused-ring (bicyclic) bond motifs is 2. The molecule has 40 heavy (non-hydrogen) atoms. The number of aliphatic carboxylic acids is 2. The number of carboxylic acids is 2. The van der Waals surface area contributed by atoms with Gasteiger partial charge in [-0.05, 0) is 48.7 Å². The van der Waals surface area contributed by atoms with E-state index in [1.165, 1.54) is 52.4 Å². The minimum absolute atomic E-state index is 0. The van der Waals surface area contributed by atoms with Crippen LogP contribution in [-0.2, 0) is 9.59 Å². The largest absolute Gasteiger partial charge is 0.478 e. The molecular weight excluding hydrogens is 614 g/mol. The summed E-state index contributed by atoms with van der Waals surface area (Å²) >= 11 is 18.5. The van der Waals surface area contributed by atoms with Crippen molar-refractivity contribution in [2.75, 3.05) is 57.4 Å². The summed E-state index contributed by atoms with van der Waals surface area (Å²) in [5.41, 5.74) is 6.00. The summed E-state index contributed by atoms with van der Waals surface area (Å²) in [5, 5.41) is 15.6. The summed E-state index contributed by atoms with van der Waals surface area (Å²) in [6.45, 7) is 4.98. The van der Waals surface area contributed by atoms with Crippen LogP contribution in [-0.4, -0.2) is 89.4 Å². The van der Waals surface area contributed by atoms with E-state index in [4.69, 9.17) is 45.0 Å². The van der Waals surface area contributed by atoms with E-state index in [0.717, 1.165) is 19.6 Å². The van der Waals surface area contributed by atoms with E-state index in [9.17, 15) is 9.59 Å². The SMILES string of the molecule is CN1CCC(=C2c3ccccc3Sc3ccccc32)CC1.Cl.ClCCN(CCCl)CCCl.O=C(O)C=CC(=O)O. The summed E-state index contributed by atoms with van der Waals surface area (Å²) in [6.07, 6.45) is 3.50. The number of benzene rings is 2. The van der Waals surface area contributed by atoms with Crippen molar-refractivity contribution < 1.29 is 19.8 Å². The maximum absolute atomic E-state index is 9.55. The lowest BCUT2D eigenvalue weighted by molar-refractivity contribution is -0.134. The van der Waals surface area contributed by atoms with Crippen molar-refractivity contribution in [3.8, 4) is 0 Å². The number of likely N-dealkylation sites (tertiary alicyclic amines) is 1. The molecule has 2 aliphatic rings. The van der Waals surface area contributed by atoms with Gasteiger partial charge in [-0.2, -0.15) is 0 Å². The van der Waals surface area contributed by atoms with Crippen LogP contribution in [0, 0.1) is 0 Å². The summed E-state index contributed by atoms with van der Waals surface area (Å²) in [5.74, 6) is -0.574. The monoisotopic (exact) mass is 648 g/mol. The highest BCUT2D eigenvalue weighted by molar-refractivity contribution is 7.99. The fourth-order valence-corrected chi connectivity index (χ4v) is 5.95. The third-order valence-electron chi connectivity index (χ3n) is 6.05. The molecule has 2 aliphatic heterocycles. The minimum atomic E-state index is -1.26. The molecule has 1 fully saturated rings. The zero-order valence-corrected chi connectivity index (χ0v) is 26.3. The Morgan fingerprint density at radius 3 is 1.60 bits per heavy atom. The van der Waals surface area contributed by atoms with Gasteiger partial charge in [-0.15, -0.1) is 47.2 Å². The lowest BCUT2D eigenvalue weighted by atomic mass is 9.88. The van der Waals surface area contributed by atoms with Gasteiger partial charge in [0.1, 0.15) is 0 Å². The molecule has 11 heteroatoms. The lowest BCUT2D eigenvalue weighted by Crippen LogP contribution is -2.29. The highest BCUT2D eigenvalue weighted by Crippen LogP contribution is 2.47. The molecule has 4 rings (SSSR count). The second kappa shape index (κ2) is 20.2. The molecular formula is C29H36Cl4N2O4S. The molecule has 2 heterocycles. The van der Waals surface area contributed by atoms with E-state index >= 15 is 0 Å². The first-order valence-corrected chi connectivity index (χ1v) is 15.0. The van der Waals surface area contributed by atoms with Crippen molar-refractivity contribution in [3.63, 3.8) is 0 Å². The lowest BCUT2D eigenvalue weighted by Gasteiger charge is -2.30. The van der Waals surface area contributed by atoms with Crippen LogP contribution in [0.5, 0.6) is 0 Å². The fourth-order valence-electron chi connectivity index (χ4n) is 4.14. The minimum Gasteiger partial charge on any atom is -0.478 e. The third kappa shape index (κ3) is 12.4. The van der Waals surface area contributed by atoms with Crippen LogP contribution in [0.25, 0.3) is 5.57 Å². The molecule has 2 aromatic rings. The maximum Gasteiger partial charge on any atom is 0.328 e. The van der Waals surface area contributed by atoms with Gasteiger partial charge in [0, 0.05) is 72.3 Å². The Morgan fingerprint density at radius 1 is 0.825 bits per heavy atom. The molecule has 0 radical (unpaired) electrons. The molecule has 6 nitrogen and oxygen atoms in total. The van der Waals surface area contributed by atoms with Crippen molar-refractivity contribution in [2.24, 2.45) is 0 Å². The van der Waals surface area contributed by atoms with Gasteiger partial charge in [-0.1, -0.05) is 53.7 Å². The number of halogens is 4. The Labute approximate surface area is 262 Å². The molecule has 0 unspecified atom stereocenters. The summed E-state index contributed by atoms with van der Waals surface area (Å²) in [7, 11) is 2.22. The van der Waals surface area contributed by atoms with Gasteiger partial charge in [-0.3, -0.25) is 4.90 Å². The summed E-state index contributed by atoms with van der Waals surface area (Å²) in [4.78, 5) is 26.5. The zero-order valence-electron chi connectivity index (χ0n) is 22.4. The van der Waals surface area contributed by atoms with Gasteiger partial charge in [0.05, 0.1) is 0 Å². The second-order valence-corrected chi connectivity index (χ2v) is 11.0. The predicted octanol–water partition coefficient (Wildman–Crippen LogP) is 6.82. The first-order valence-electron chi connectivity index (χ1n) is 12.6. The van der Waals surface area contributed by atoms with Gasteiger partial charge >= 0.3 is 11.9 Å². The summed E-state index contributed by atoms with van der Waals surface area (Å²) < 4.78 is 0. The van der Waals surface area contributed by atoms with Gasteiger partial charge in [0.15, 0.2) is 0 Å². The molecule has 0 aromatic heterocycles. The third-order valence-corrected chi connectivity index (χ3v) is 7.71. The van der Waals surface area contributed by atoms with Crippen LogP contribution in [0.1, 0.15) is 24.0 Å². The van der Waals surface area contributed by atoms with E-state index in [0.29, 0.717) is 29.8 Å². The van der Waals surface area contributed by atoms with Crippen LogP contribution in [0.3, 0.4) is 0 Å². The average molecular weight is 650 g/mol. The molecule has 2 N–H and O–H groups in total. The van der Waals surface area contributed by atoms with E-state index in [-0.39, 0.29) is 12.4 Å². The smallest absolute Gasteiger partial charge is 0.328 e. The number of rotatable bonds is 8. The molecule has 0 atom stereocenters. The van der Waals surface area contributed by atoms with Gasteiger partial charge in [-0.25, -0.2) is 9.59 Å². The normalized spacial score (nSPS) is 14.2. The molecule has 220 valence electrons. The van der Waals surface area contributed by atoms with Gasteiger partial charge in [0.2, 0.25) is 0 Å². The Hall–Kier alpha value is -1.71. The molecule has 0 amide bonds. The van der Waals surface area contributed by atoms with Crippen molar-refractivity contribution in [1.82, 2.24) is 9.80 Å². The molecule has 0 aliphatic carbocycles. The topological polar surface area (TPSA) is 81.1 Å². The molecule has 0 spiro atoms. The zero-order chi connectivity index (χ0) is 28.6. The van der Waals surface area contributed by atoms with Gasteiger partial charge in [0.25, 0.3) is 0 Å². The first kappa shape index (κ1) is 36.3. The number of alkyl halides is 3. The standard InChI is InChI=1S/C19H19NS.C6H12Cl3N.C4H4O4.ClH/c1-20-12-10-14(11-13-20)19-15-6-2-4-8-17(15)21-18-9-5-3-7-16(18)19;7-1-4-10(5-2-8)6-3-9;5-3(6)1-2-4(7)8;/h2-9H,10-13H2,1H3;1-6H2;1-2H,(H,5,6)(H,7,8);1H. The molecule has 0 bridgehead atoms. The summed E-state index contributed by atoms with van der Waals surface area (Å²) in [6, 6.07) is 17.7. The van der Waals surface area contributed by atoms with Crippen molar-refractivity contribution in [2.45, 2.75) is 22.6 Å². The first-order chi connectivity index (χ1) is 18.8.